The second kappa shape index (κ2) is 13.8. The van der Waals surface area contributed by atoms with Gasteiger partial charge in [0, 0.05) is 43.9 Å². The summed E-state index contributed by atoms with van der Waals surface area (Å²) < 4.78 is 38.2. The number of benzene rings is 1. The molecule has 13 heteroatoms. The van der Waals surface area contributed by atoms with Gasteiger partial charge in [-0.15, -0.1) is 0 Å². The molecular formula is C36H40F2N6O5. The van der Waals surface area contributed by atoms with E-state index in [1.807, 2.05) is 20.8 Å². The Labute approximate surface area is 283 Å². The van der Waals surface area contributed by atoms with Gasteiger partial charge in [0.15, 0.2) is 11.5 Å². The van der Waals surface area contributed by atoms with E-state index in [2.05, 4.69) is 16.0 Å². The number of phenolic OH excluding ortho intramolecular Hbond substituents is 1. The minimum atomic E-state index is -0.987. The molecule has 49 heavy (non-hydrogen) atoms. The van der Waals surface area contributed by atoms with Crippen molar-refractivity contribution in [2.45, 2.75) is 71.9 Å². The number of aromatic nitrogens is 3. The lowest BCUT2D eigenvalue weighted by molar-refractivity contribution is 0.0219. The number of rotatable bonds is 7. The molecule has 1 aliphatic rings. The molecule has 3 aromatic heterocycles. The standard InChI is InChI=1S/C36H40F2N6O5/c1-20(2)29-31(22(9-8-16-45)12-13-40-29)44-33-23(17-26(38)30(41-33)28-25(37)10-7-11-27(28)46)32(24(18-39)34(44)47)43-15-14-42(19-21(43)3)35(48)49-36(4,5)6/h7,10-13,17,20-21,45-46H,8-9,14-16,19H2,1-6H3/t21-/m0/s1. The third-order valence-corrected chi connectivity index (χ3v) is 8.39. The maximum atomic E-state index is 16.2. The number of anilines is 1. The number of carbonyl (C=O) groups excluding carboxylic acids is 1. The van der Waals surface area contributed by atoms with Gasteiger partial charge in [-0.1, -0.05) is 19.9 Å². The van der Waals surface area contributed by atoms with Crippen molar-refractivity contribution in [1.29, 1.82) is 5.26 Å². The summed E-state index contributed by atoms with van der Waals surface area (Å²) in [5.74, 6) is -2.67. The highest BCUT2D eigenvalue weighted by Gasteiger charge is 2.35. The zero-order valence-electron chi connectivity index (χ0n) is 28.4. The van der Waals surface area contributed by atoms with Gasteiger partial charge in [-0.3, -0.25) is 14.3 Å². The lowest BCUT2D eigenvalue weighted by atomic mass is 9.99. The summed E-state index contributed by atoms with van der Waals surface area (Å²) in [4.78, 5) is 40.0. The first-order valence-electron chi connectivity index (χ1n) is 16.2. The number of carbonyl (C=O) groups is 1. The van der Waals surface area contributed by atoms with Crippen LogP contribution in [-0.4, -0.2) is 73.6 Å². The Morgan fingerprint density at radius 1 is 1.16 bits per heavy atom. The van der Waals surface area contributed by atoms with Gasteiger partial charge in [0.25, 0.3) is 5.56 Å². The predicted molar refractivity (Wildman–Crippen MR) is 181 cm³/mol. The minimum absolute atomic E-state index is 0.0834. The van der Waals surface area contributed by atoms with Crippen molar-refractivity contribution < 1.29 is 28.5 Å². The first-order chi connectivity index (χ1) is 23.2. The van der Waals surface area contributed by atoms with Crippen LogP contribution < -0.4 is 10.5 Å². The maximum absolute atomic E-state index is 16.2. The highest BCUT2D eigenvalue weighted by atomic mass is 19.1. The van der Waals surface area contributed by atoms with E-state index in [1.54, 1.807) is 37.9 Å². The van der Waals surface area contributed by atoms with Crippen molar-refractivity contribution in [2.24, 2.45) is 0 Å². The average Bonchev–Trinajstić information content (AvgIpc) is 3.03. The molecular weight excluding hydrogens is 634 g/mol. The van der Waals surface area contributed by atoms with Crippen LogP contribution in [0.1, 0.15) is 70.7 Å². The van der Waals surface area contributed by atoms with Crippen LogP contribution in [0.5, 0.6) is 5.75 Å². The molecule has 0 unspecified atom stereocenters. The van der Waals surface area contributed by atoms with Crippen molar-refractivity contribution in [3.05, 3.63) is 75.3 Å². The number of hydrogen-bond acceptors (Lipinski definition) is 9. The van der Waals surface area contributed by atoms with Gasteiger partial charge in [0.05, 0.1) is 22.6 Å². The summed E-state index contributed by atoms with van der Waals surface area (Å²) in [6.07, 6.45) is 1.80. The van der Waals surface area contributed by atoms with Gasteiger partial charge in [0.1, 0.15) is 34.5 Å². The summed E-state index contributed by atoms with van der Waals surface area (Å²) in [6, 6.07) is 7.96. The van der Waals surface area contributed by atoms with Crippen LogP contribution in [0.3, 0.4) is 0 Å². The van der Waals surface area contributed by atoms with Crippen molar-refractivity contribution in [3.63, 3.8) is 0 Å². The Kier molecular flexibility index (Phi) is 9.92. The lowest BCUT2D eigenvalue weighted by Crippen LogP contribution is -2.55. The van der Waals surface area contributed by atoms with E-state index in [4.69, 9.17) is 4.74 Å². The quantitative estimate of drug-likeness (QED) is 0.249. The number of nitriles is 1. The number of ether oxygens (including phenoxy) is 1. The molecule has 1 aliphatic heterocycles. The summed E-state index contributed by atoms with van der Waals surface area (Å²) in [7, 11) is 0. The Morgan fingerprint density at radius 2 is 1.90 bits per heavy atom. The highest BCUT2D eigenvalue weighted by Crippen LogP contribution is 2.39. The van der Waals surface area contributed by atoms with E-state index in [1.165, 1.54) is 21.6 Å². The number of aryl methyl sites for hydroxylation is 1. The molecule has 1 atom stereocenters. The fraction of sp³-hybridized carbons (Fsp3) is 0.417. The third kappa shape index (κ3) is 6.78. The molecule has 1 amide bonds. The van der Waals surface area contributed by atoms with Gasteiger partial charge in [0.2, 0.25) is 0 Å². The monoisotopic (exact) mass is 674 g/mol. The van der Waals surface area contributed by atoms with Gasteiger partial charge >= 0.3 is 6.09 Å². The van der Waals surface area contributed by atoms with Gasteiger partial charge in [-0.25, -0.2) is 18.6 Å². The van der Waals surface area contributed by atoms with Crippen molar-refractivity contribution in [2.75, 3.05) is 31.1 Å². The molecule has 4 heterocycles. The molecule has 0 aliphatic carbocycles. The molecule has 0 saturated carbocycles. The van der Waals surface area contributed by atoms with Gasteiger partial charge in [-0.2, -0.15) is 5.26 Å². The molecule has 0 bridgehead atoms. The van der Waals surface area contributed by atoms with Crippen molar-refractivity contribution >= 4 is 22.8 Å². The lowest BCUT2D eigenvalue weighted by Gasteiger charge is -2.42. The first kappa shape index (κ1) is 35.2. The number of piperazine rings is 1. The highest BCUT2D eigenvalue weighted by molar-refractivity contribution is 5.96. The molecule has 0 radical (unpaired) electrons. The van der Waals surface area contributed by atoms with Gasteiger partial charge < -0.3 is 24.7 Å². The SMILES string of the molecule is CC(C)c1nccc(CCCO)c1-n1c(=O)c(C#N)c(N2CCN(C(=O)OC(C)(C)C)C[C@@H]2C)c2cc(F)c(-c3c(O)cccc3F)nc21. The second-order valence-electron chi connectivity index (χ2n) is 13.5. The van der Waals surface area contributed by atoms with Crippen LogP contribution in [0.15, 0.2) is 41.3 Å². The number of phenols is 1. The third-order valence-electron chi connectivity index (χ3n) is 8.39. The summed E-state index contributed by atoms with van der Waals surface area (Å²) in [6.45, 7) is 11.3. The van der Waals surface area contributed by atoms with Crippen LogP contribution >= 0.6 is 0 Å². The van der Waals surface area contributed by atoms with E-state index < -0.39 is 51.9 Å². The summed E-state index contributed by atoms with van der Waals surface area (Å²) in [5.41, 5.74) is -1.26. The topological polar surface area (TPSA) is 145 Å². The van der Waals surface area contributed by atoms with Gasteiger partial charge in [-0.05, 0) is 76.3 Å². The molecule has 11 nitrogen and oxygen atoms in total. The zero-order valence-corrected chi connectivity index (χ0v) is 28.4. The van der Waals surface area contributed by atoms with Crippen LogP contribution in [0.25, 0.3) is 28.0 Å². The Hall–Kier alpha value is -5.09. The zero-order chi connectivity index (χ0) is 35.8. The number of halogens is 2. The molecule has 5 rings (SSSR count). The first-order valence-corrected chi connectivity index (χ1v) is 16.2. The van der Waals surface area contributed by atoms with Crippen molar-refractivity contribution in [3.8, 4) is 28.8 Å². The number of aliphatic hydroxyl groups excluding tert-OH is 1. The molecule has 4 aromatic rings. The fourth-order valence-electron chi connectivity index (χ4n) is 6.24. The number of pyridine rings is 3. The number of nitrogens with zero attached hydrogens (tertiary/aromatic N) is 6. The molecule has 1 saturated heterocycles. The summed E-state index contributed by atoms with van der Waals surface area (Å²) in [5, 5.41) is 30.9. The van der Waals surface area contributed by atoms with Crippen LogP contribution in [0.2, 0.25) is 0 Å². The van der Waals surface area contributed by atoms with Crippen LogP contribution in [0.4, 0.5) is 19.3 Å². The van der Waals surface area contributed by atoms with E-state index >= 15 is 8.78 Å². The molecule has 2 N–H and O–H groups in total. The number of fused-ring (bicyclic) bond motifs is 1. The molecule has 1 aromatic carbocycles. The van der Waals surface area contributed by atoms with E-state index in [0.717, 1.165) is 12.1 Å². The molecule has 0 spiro atoms. The molecule has 1 fully saturated rings. The van der Waals surface area contributed by atoms with Crippen molar-refractivity contribution in [1.82, 2.24) is 19.4 Å². The van der Waals surface area contributed by atoms with E-state index in [9.17, 15) is 25.1 Å². The van der Waals surface area contributed by atoms with E-state index in [-0.39, 0.29) is 54.4 Å². The minimum Gasteiger partial charge on any atom is -0.507 e. The fourth-order valence-corrected chi connectivity index (χ4v) is 6.24. The number of hydrogen-bond donors (Lipinski definition) is 2. The Bertz CT molecular complexity index is 2000. The van der Waals surface area contributed by atoms with Crippen LogP contribution in [-0.2, 0) is 11.2 Å². The average molecular weight is 675 g/mol. The maximum Gasteiger partial charge on any atom is 0.410 e. The number of amides is 1. The normalized spacial score (nSPS) is 15.2. The predicted octanol–water partition coefficient (Wildman–Crippen LogP) is 5.80. The number of aliphatic hydroxyl groups is 1. The Balaban J connectivity index is 1.85. The number of aromatic hydroxyl groups is 1. The largest absolute Gasteiger partial charge is 0.507 e. The van der Waals surface area contributed by atoms with Crippen LogP contribution in [0, 0.1) is 23.0 Å². The second-order valence-corrected chi connectivity index (χ2v) is 13.5. The molecule has 258 valence electrons. The smallest absolute Gasteiger partial charge is 0.410 e. The Morgan fingerprint density at radius 3 is 2.51 bits per heavy atom. The van der Waals surface area contributed by atoms with E-state index in [0.29, 0.717) is 29.8 Å². The summed E-state index contributed by atoms with van der Waals surface area (Å²) >= 11 is 0.